The lowest BCUT2D eigenvalue weighted by Crippen LogP contribution is -2.50. The standard InChI is InChI=1S/C17H19N3O3S/c1-12-2-4-14(5-3-12)23-10-16-19-13(11-24-16)8-17(22)20-7-6-18-15(21)9-20/h2-5,11H,6-10H2,1H3,(H,18,21). The van der Waals surface area contributed by atoms with Crippen LogP contribution in [0.1, 0.15) is 16.3 Å². The third-order valence-corrected chi connectivity index (χ3v) is 4.58. The Labute approximate surface area is 144 Å². The van der Waals surface area contributed by atoms with Crippen LogP contribution in [-0.2, 0) is 22.6 Å². The van der Waals surface area contributed by atoms with Crippen molar-refractivity contribution in [2.24, 2.45) is 0 Å². The molecule has 0 atom stereocenters. The summed E-state index contributed by atoms with van der Waals surface area (Å²) in [7, 11) is 0. The fraction of sp³-hybridized carbons (Fsp3) is 0.353. The lowest BCUT2D eigenvalue weighted by Gasteiger charge is -2.26. The first-order chi connectivity index (χ1) is 11.6. The molecule has 0 saturated carbocycles. The van der Waals surface area contributed by atoms with Crippen LogP contribution in [0.2, 0.25) is 0 Å². The summed E-state index contributed by atoms with van der Waals surface area (Å²) in [5.41, 5.74) is 1.90. The summed E-state index contributed by atoms with van der Waals surface area (Å²) in [6.07, 6.45) is 0.217. The molecule has 7 heteroatoms. The Morgan fingerprint density at radius 3 is 2.92 bits per heavy atom. The van der Waals surface area contributed by atoms with E-state index in [-0.39, 0.29) is 24.8 Å². The minimum absolute atomic E-state index is 0.0684. The highest BCUT2D eigenvalue weighted by Crippen LogP contribution is 2.16. The molecule has 1 aromatic carbocycles. The van der Waals surface area contributed by atoms with E-state index in [1.54, 1.807) is 4.90 Å². The van der Waals surface area contributed by atoms with E-state index in [0.717, 1.165) is 16.5 Å². The van der Waals surface area contributed by atoms with E-state index in [2.05, 4.69) is 10.3 Å². The number of carbonyl (C=O) groups is 2. The van der Waals surface area contributed by atoms with Crippen molar-refractivity contribution in [2.45, 2.75) is 20.0 Å². The van der Waals surface area contributed by atoms with Gasteiger partial charge in [0, 0.05) is 18.5 Å². The molecular formula is C17H19N3O3S. The Hall–Kier alpha value is -2.41. The Kier molecular flexibility index (Phi) is 5.10. The SMILES string of the molecule is Cc1ccc(OCc2nc(CC(=O)N3CCNC(=O)C3)cs2)cc1. The van der Waals surface area contributed by atoms with Crippen molar-refractivity contribution in [3.63, 3.8) is 0 Å². The summed E-state index contributed by atoms with van der Waals surface area (Å²) in [5, 5.41) is 5.41. The molecule has 24 heavy (non-hydrogen) atoms. The highest BCUT2D eigenvalue weighted by atomic mass is 32.1. The molecule has 2 heterocycles. The monoisotopic (exact) mass is 345 g/mol. The third-order valence-electron chi connectivity index (χ3n) is 3.71. The summed E-state index contributed by atoms with van der Waals surface area (Å²) < 4.78 is 5.70. The second-order valence-corrected chi connectivity index (χ2v) is 6.62. The molecule has 126 valence electrons. The van der Waals surface area contributed by atoms with Gasteiger partial charge in [-0.15, -0.1) is 11.3 Å². The van der Waals surface area contributed by atoms with Gasteiger partial charge in [-0.25, -0.2) is 4.98 Å². The van der Waals surface area contributed by atoms with Gasteiger partial charge in [-0.2, -0.15) is 0 Å². The summed E-state index contributed by atoms with van der Waals surface area (Å²) >= 11 is 1.47. The molecule has 2 aromatic rings. The van der Waals surface area contributed by atoms with Crippen molar-refractivity contribution < 1.29 is 14.3 Å². The number of rotatable bonds is 5. The maximum absolute atomic E-state index is 12.2. The van der Waals surface area contributed by atoms with Gasteiger partial charge in [0.25, 0.3) is 0 Å². The lowest BCUT2D eigenvalue weighted by atomic mass is 10.2. The van der Waals surface area contributed by atoms with Crippen LogP contribution in [0.4, 0.5) is 0 Å². The van der Waals surface area contributed by atoms with Crippen LogP contribution in [0.25, 0.3) is 0 Å². The summed E-state index contributed by atoms with van der Waals surface area (Å²) in [4.78, 5) is 29.6. The number of carbonyl (C=O) groups excluding carboxylic acids is 2. The van der Waals surface area contributed by atoms with Crippen molar-refractivity contribution >= 4 is 23.2 Å². The van der Waals surface area contributed by atoms with Crippen LogP contribution >= 0.6 is 11.3 Å². The Bertz CT molecular complexity index is 727. The highest BCUT2D eigenvalue weighted by Gasteiger charge is 2.21. The van der Waals surface area contributed by atoms with E-state index in [9.17, 15) is 9.59 Å². The number of amides is 2. The van der Waals surface area contributed by atoms with Gasteiger partial charge in [-0.3, -0.25) is 9.59 Å². The molecule has 6 nitrogen and oxygen atoms in total. The number of thiazole rings is 1. The van der Waals surface area contributed by atoms with Crippen molar-refractivity contribution in [3.8, 4) is 5.75 Å². The van der Waals surface area contributed by atoms with Crippen LogP contribution in [0.5, 0.6) is 5.75 Å². The number of benzene rings is 1. The first-order valence-electron chi connectivity index (χ1n) is 7.77. The first-order valence-corrected chi connectivity index (χ1v) is 8.65. The first kappa shape index (κ1) is 16.4. The van der Waals surface area contributed by atoms with E-state index in [4.69, 9.17) is 4.74 Å². The minimum Gasteiger partial charge on any atom is -0.486 e. The predicted molar refractivity (Wildman–Crippen MR) is 90.9 cm³/mol. The van der Waals surface area contributed by atoms with Crippen LogP contribution in [-0.4, -0.2) is 41.3 Å². The summed E-state index contributed by atoms with van der Waals surface area (Å²) in [5.74, 6) is 0.619. The number of piperazine rings is 1. The normalized spacial score (nSPS) is 14.4. The molecule has 0 spiro atoms. The molecule has 0 aliphatic carbocycles. The Morgan fingerprint density at radius 2 is 2.17 bits per heavy atom. The Morgan fingerprint density at radius 1 is 1.38 bits per heavy atom. The number of nitrogens with zero attached hydrogens (tertiary/aromatic N) is 2. The maximum Gasteiger partial charge on any atom is 0.239 e. The Balaban J connectivity index is 1.52. The van der Waals surface area contributed by atoms with Crippen LogP contribution < -0.4 is 10.1 Å². The number of ether oxygens (including phenoxy) is 1. The van der Waals surface area contributed by atoms with E-state index in [1.807, 2.05) is 36.6 Å². The zero-order valence-electron chi connectivity index (χ0n) is 13.4. The second kappa shape index (κ2) is 7.44. The van der Waals surface area contributed by atoms with Gasteiger partial charge in [-0.1, -0.05) is 17.7 Å². The van der Waals surface area contributed by atoms with E-state index < -0.39 is 0 Å². The van der Waals surface area contributed by atoms with Crippen molar-refractivity contribution in [2.75, 3.05) is 19.6 Å². The molecule has 1 aliphatic rings. The molecule has 2 amide bonds. The minimum atomic E-state index is -0.111. The smallest absolute Gasteiger partial charge is 0.239 e. The van der Waals surface area contributed by atoms with Crippen LogP contribution in [0.3, 0.4) is 0 Å². The van der Waals surface area contributed by atoms with Crippen molar-refractivity contribution in [1.82, 2.24) is 15.2 Å². The average molecular weight is 345 g/mol. The summed E-state index contributed by atoms with van der Waals surface area (Å²) in [6.45, 7) is 3.61. The van der Waals surface area contributed by atoms with Crippen LogP contribution in [0, 0.1) is 6.92 Å². The van der Waals surface area contributed by atoms with Gasteiger partial charge < -0.3 is 15.0 Å². The van der Waals surface area contributed by atoms with Gasteiger partial charge in [0.1, 0.15) is 17.4 Å². The van der Waals surface area contributed by atoms with Crippen molar-refractivity contribution in [1.29, 1.82) is 0 Å². The molecule has 1 aromatic heterocycles. The number of hydrogen-bond acceptors (Lipinski definition) is 5. The molecular weight excluding hydrogens is 326 g/mol. The average Bonchev–Trinajstić information content (AvgIpc) is 3.02. The van der Waals surface area contributed by atoms with Gasteiger partial charge >= 0.3 is 0 Å². The lowest BCUT2D eigenvalue weighted by molar-refractivity contribution is -0.137. The van der Waals surface area contributed by atoms with Gasteiger partial charge in [0.05, 0.1) is 18.7 Å². The topological polar surface area (TPSA) is 71.5 Å². The van der Waals surface area contributed by atoms with Gasteiger partial charge in [0.2, 0.25) is 11.8 Å². The molecule has 1 aliphatic heterocycles. The summed E-state index contributed by atoms with van der Waals surface area (Å²) in [6, 6.07) is 7.84. The van der Waals surface area contributed by atoms with E-state index in [0.29, 0.717) is 19.7 Å². The largest absolute Gasteiger partial charge is 0.486 e. The molecule has 3 rings (SSSR count). The number of nitrogens with one attached hydrogen (secondary N) is 1. The maximum atomic E-state index is 12.2. The fourth-order valence-corrected chi connectivity index (χ4v) is 3.10. The molecule has 0 unspecified atom stereocenters. The highest BCUT2D eigenvalue weighted by molar-refractivity contribution is 7.09. The number of aromatic nitrogens is 1. The second-order valence-electron chi connectivity index (χ2n) is 5.68. The van der Waals surface area contributed by atoms with Crippen molar-refractivity contribution in [3.05, 3.63) is 45.9 Å². The molecule has 0 bridgehead atoms. The zero-order valence-corrected chi connectivity index (χ0v) is 14.3. The fourth-order valence-electron chi connectivity index (χ4n) is 2.39. The van der Waals surface area contributed by atoms with E-state index >= 15 is 0 Å². The quantitative estimate of drug-likeness (QED) is 0.892. The van der Waals surface area contributed by atoms with E-state index in [1.165, 1.54) is 16.9 Å². The molecule has 1 fully saturated rings. The van der Waals surface area contributed by atoms with Crippen LogP contribution in [0.15, 0.2) is 29.6 Å². The third kappa shape index (κ3) is 4.32. The zero-order chi connectivity index (χ0) is 16.9. The van der Waals surface area contributed by atoms with Gasteiger partial charge in [-0.05, 0) is 19.1 Å². The molecule has 1 saturated heterocycles. The molecule has 1 N–H and O–H groups in total. The van der Waals surface area contributed by atoms with Gasteiger partial charge in [0.15, 0.2) is 0 Å². The molecule has 0 radical (unpaired) electrons. The number of hydrogen-bond donors (Lipinski definition) is 1. The number of aryl methyl sites for hydroxylation is 1. The predicted octanol–water partition coefficient (Wildman–Crippen LogP) is 1.53.